The van der Waals surface area contributed by atoms with Crippen LogP contribution in [-0.2, 0) is 4.79 Å². The first-order valence-electron chi connectivity index (χ1n) is 11.1. The minimum absolute atomic E-state index is 0.0137. The number of carbonyl (C=O) groups is 3. The van der Waals surface area contributed by atoms with Crippen LogP contribution in [0, 0.1) is 5.92 Å². The van der Waals surface area contributed by atoms with Gasteiger partial charge in [0.25, 0.3) is 11.8 Å². The van der Waals surface area contributed by atoms with Gasteiger partial charge in [0.1, 0.15) is 0 Å². The summed E-state index contributed by atoms with van der Waals surface area (Å²) in [7, 11) is 0. The number of amides is 3. The maximum absolute atomic E-state index is 12.3. The van der Waals surface area contributed by atoms with Crippen LogP contribution in [0.15, 0.2) is 24.3 Å². The molecular formula is C23H31N3O3. The Morgan fingerprint density at radius 2 is 1.59 bits per heavy atom. The molecular weight excluding hydrogens is 366 g/mol. The minimum Gasteiger partial charge on any atom is -0.356 e. The molecule has 3 aliphatic rings. The third-order valence-corrected chi connectivity index (χ3v) is 6.74. The highest BCUT2D eigenvalue weighted by atomic mass is 16.2. The summed E-state index contributed by atoms with van der Waals surface area (Å²) in [5, 5.41) is 3.06. The van der Waals surface area contributed by atoms with Gasteiger partial charge in [-0.3, -0.25) is 19.3 Å². The van der Waals surface area contributed by atoms with Crippen LogP contribution in [0.1, 0.15) is 72.1 Å². The highest BCUT2D eigenvalue weighted by Crippen LogP contribution is 2.27. The molecule has 2 aliphatic heterocycles. The summed E-state index contributed by atoms with van der Waals surface area (Å²) in [6.45, 7) is 3.35. The number of likely N-dealkylation sites (tertiary alicyclic amines) is 1. The van der Waals surface area contributed by atoms with E-state index >= 15 is 0 Å². The number of piperidine rings is 1. The zero-order valence-corrected chi connectivity index (χ0v) is 17.1. The molecule has 0 spiro atoms. The molecule has 1 saturated heterocycles. The predicted molar refractivity (Wildman–Crippen MR) is 111 cm³/mol. The minimum atomic E-state index is -0.250. The summed E-state index contributed by atoms with van der Waals surface area (Å²) in [4.78, 5) is 40.8. The largest absolute Gasteiger partial charge is 0.356 e. The molecule has 2 heterocycles. The summed E-state index contributed by atoms with van der Waals surface area (Å²) >= 11 is 0. The van der Waals surface area contributed by atoms with Crippen molar-refractivity contribution in [3.63, 3.8) is 0 Å². The van der Waals surface area contributed by atoms with Crippen molar-refractivity contribution >= 4 is 17.7 Å². The third kappa shape index (κ3) is 4.53. The van der Waals surface area contributed by atoms with Crippen LogP contribution in [-0.4, -0.2) is 59.7 Å². The van der Waals surface area contributed by atoms with Crippen molar-refractivity contribution in [1.82, 2.24) is 15.1 Å². The SMILES string of the molecule is O=C(CCCN1C(=O)c2ccccc2C1=O)NCC1CCN(C2CCCC2)CC1. The van der Waals surface area contributed by atoms with E-state index in [9.17, 15) is 14.4 Å². The molecule has 2 fully saturated rings. The van der Waals surface area contributed by atoms with E-state index in [1.165, 1.54) is 30.6 Å². The van der Waals surface area contributed by atoms with Crippen LogP contribution in [0.4, 0.5) is 0 Å². The Morgan fingerprint density at radius 1 is 0.966 bits per heavy atom. The van der Waals surface area contributed by atoms with E-state index < -0.39 is 0 Å². The first kappa shape index (κ1) is 20.1. The van der Waals surface area contributed by atoms with E-state index in [2.05, 4.69) is 10.2 Å². The molecule has 0 bridgehead atoms. The quantitative estimate of drug-likeness (QED) is 0.719. The molecule has 0 radical (unpaired) electrons. The molecule has 1 saturated carbocycles. The summed E-state index contributed by atoms with van der Waals surface area (Å²) in [5.74, 6) is 0.0766. The molecule has 156 valence electrons. The van der Waals surface area contributed by atoms with Crippen molar-refractivity contribution in [1.29, 1.82) is 0 Å². The molecule has 1 aliphatic carbocycles. The van der Waals surface area contributed by atoms with Gasteiger partial charge >= 0.3 is 0 Å². The van der Waals surface area contributed by atoms with Crippen molar-refractivity contribution in [2.75, 3.05) is 26.2 Å². The smallest absolute Gasteiger partial charge is 0.261 e. The molecule has 1 aromatic carbocycles. The highest BCUT2D eigenvalue weighted by molar-refractivity contribution is 6.21. The van der Waals surface area contributed by atoms with Gasteiger partial charge in [0, 0.05) is 25.6 Å². The van der Waals surface area contributed by atoms with Crippen LogP contribution in [0.3, 0.4) is 0 Å². The Balaban J connectivity index is 1.13. The second-order valence-electron chi connectivity index (χ2n) is 8.63. The summed E-state index contributed by atoms with van der Waals surface area (Å²) in [6.07, 6.45) is 8.62. The fraction of sp³-hybridized carbons (Fsp3) is 0.609. The maximum Gasteiger partial charge on any atom is 0.261 e. The van der Waals surface area contributed by atoms with Crippen LogP contribution in [0.25, 0.3) is 0 Å². The summed E-state index contributed by atoms with van der Waals surface area (Å²) in [6, 6.07) is 7.69. The van der Waals surface area contributed by atoms with Gasteiger partial charge in [0.2, 0.25) is 5.91 Å². The normalized spacial score (nSPS) is 21.0. The van der Waals surface area contributed by atoms with Crippen LogP contribution < -0.4 is 5.32 Å². The number of imide groups is 1. The van der Waals surface area contributed by atoms with Crippen molar-refractivity contribution in [2.24, 2.45) is 5.92 Å². The van der Waals surface area contributed by atoms with Gasteiger partial charge < -0.3 is 10.2 Å². The average Bonchev–Trinajstić information content (AvgIpc) is 3.36. The van der Waals surface area contributed by atoms with E-state index in [0.29, 0.717) is 36.4 Å². The van der Waals surface area contributed by atoms with Crippen molar-refractivity contribution < 1.29 is 14.4 Å². The molecule has 0 atom stereocenters. The number of rotatable bonds is 7. The standard InChI is InChI=1S/C23H31N3O3/c27-21(24-16-17-11-14-25(15-12-17)18-6-1-2-7-18)10-5-13-26-22(28)19-8-3-4-9-20(19)23(26)29/h3-4,8-9,17-18H,1-2,5-7,10-16H2,(H,24,27). The number of nitrogens with zero attached hydrogens (tertiary/aromatic N) is 2. The Morgan fingerprint density at radius 3 is 2.21 bits per heavy atom. The Bertz CT molecular complexity index is 729. The van der Waals surface area contributed by atoms with Crippen molar-refractivity contribution in [3.8, 4) is 0 Å². The van der Waals surface area contributed by atoms with E-state index in [-0.39, 0.29) is 17.7 Å². The number of hydrogen-bond acceptors (Lipinski definition) is 4. The second-order valence-corrected chi connectivity index (χ2v) is 8.63. The number of hydrogen-bond donors (Lipinski definition) is 1. The van der Waals surface area contributed by atoms with E-state index in [1.807, 2.05) is 0 Å². The lowest BCUT2D eigenvalue weighted by Crippen LogP contribution is -2.42. The fourth-order valence-corrected chi connectivity index (χ4v) is 4.98. The zero-order chi connectivity index (χ0) is 20.2. The molecule has 4 rings (SSSR count). The summed E-state index contributed by atoms with van der Waals surface area (Å²) < 4.78 is 0. The van der Waals surface area contributed by atoms with Gasteiger partial charge in [-0.15, -0.1) is 0 Å². The predicted octanol–water partition coefficient (Wildman–Crippen LogP) is 2.83. The number of fused-ring (bicyclic) bond motifs is 1. The molecule has 1 N–H and O–H groups in total. The monoisotopic (exact) mass is 397 g/mol. The second kappa shape index (κ2) is 9.08. The number of nitrogens with one attached hydrogen (secondary N) is 1. The van der Waals surface area contributed by atoms with E-state index in [4.69, 9.17) is 0 Å². The molecule has 6 nitrogen and oxygen atoms in total. The third-order valence-electron chi connectivity index (χ3n) is 6.74. The van der Waals surface area contributed by atoms with Crippen LogP contribution in [0.5, 0.6) is 0 Å². The Hall–Kier alpha value is -2.21. The molecule has 3 amide bonds. The van der Waals surface area contributed by atoms with Crippen LogP contribution in [0.2, 0.25) is 0 Å². The first-order valence-corrected chi connectivity index (χ1v) is 11.1. The first-order chi connectivity index (χ1) is 14.1. The molecule has 29 heavy (non-hydrogen) atoms. The molecule has 1 aromatic rings. The van der Waals surface area contributed by atoms with Crippen LogP contribution >= 0.6 is 0 Å². The maximum atomic E-state index is 12.3. The number of carbonyl (C=O) groups excluding carboxylic acids is 3. The molecule has 0 unspecified atom stereocenters. The highest BCUT2D eigenvalue weighted by Gasteiger charge is 2.34. The Labute approximate surface area is 172 Å². The Kier molecular flexibility index (Phi) is 6.28. The van der Waals surface area contributed by atoms with Gasteiger partial charge in [0.05, 0.1) is 11.1 Å². The zero-order valence-electron chi connectivity index (χ0n) is 17.1. The van der Waals surface area contributed by atoms with Gasteiger partial charge in [-0.25, -0.2) is 0 Å². The van der Waals surface area contributed by atoms with Crippen molar-refractivity contribution in [2.45, 2.75) is 57.4 Å². The topological polar surface area (TPSA) is 69.7 Å². The van der Waals surface area contributed by atoms with Gasteiger partial charge in [-0.05, 0) is 63.2 Å². The molecule has 6 heteroatoms. The number of benzene rings is 1. The average molecular weight is 398 g/mol. The van der Waals surface area contributed by atoms with Gasteiger partial charge in [-0.2, -0.15) is 0 Å². The van der Waals surface area contributed by atoms with Gasteiger partial charge in [-0.1, -0.05) is 25.0 Å². The molecule has 0 aromatic heterocycles. The summed E-state index contributed by atoms with van der Waals surface area (Å²) in [5.41, 5.74) is 0.928. The lowest BCUT2D eigenvalue weighted by Gasteiger charge is -2.36. The lowest BCUT2D eigenvalue weighted by molar-refractivity contribution is -0.121. The fourth-order valence-electron chi connectivity index (χ4n) is 4.98. The van der Waals surface area contributed by atoms with Crippen molar-refractivity contribution in [3.05, 3.63) is 35.4 Å². The lowest BCUT2D eigenvalue weighted by atomic mass is 9.95. The van der Waals surface area contributed by atoms with E-state index in [1.54, 1.807) is 24.3 Å². The van der Waals surface area contributed by atoms with E-state index in [0.717, 1.165) is 38.5 Å². The van der Waals surface area contributed by atoms with Gasteiger partial charge in [0.15, 0.2) is 0 Å².